The first-order valence-corrected chi connectivity index (χ1v) is 7.76. The van der Waals surface area contributed by atoms with Crippen LogP contribution >= 0.6 is 0 Å². The number of hydrogen-bond donors (Lipinski definition) is 1. The quantitative estimate of drug-likeness (QED) is 0.721. The van der Waals surface area contributed by atoms with Crippen LogP contribution in [-0.4, -0.2) is 56.1 Å². The molecule has 0 saturated carbocycles. The molecule has 1 heterocycles. The van der Waals surface area contributed by atoms with Crippen molar-refractivity contribution in [3.8, 4) is 0 Å². The van der Waals surface area contributed by atoms with E-state index in [1.807, 2.05) is 0 Å². The molecule has 2 N–H and O–H groups in total. The Labute approximate surface area is 114 Å². The number of nitrogens with two attached hydrogens (primary N) is 1. The van der Waals surface area contributed by atoms with Crippen molar-refractivity contribution in [2.24, 2.45) is 11.7 Å². The normalized spacial score (nSPS) is 20.5. The molecule has 1 aliphatic heterocycles. The molecular weight excluding hydrogens is 222 g/mol. The molecule has 108 valence electrons. The van der Waals surface area contributed by atoms with E-state index in [1.54, 1.807) is 0 Å². The van der Waals surface area contributed by atoms with Gasteiger partial charge in [0.2, 0.25) is 0 Å². The Morgan fingerprint density at radius 1 is 1.22 bits per heavy atom. The van der Waals surface area contributed by atoms with E-state index < -0.39 is 0 Å². The molecule has 1 atom stereocenters. The van der Waals surface area contributed by atoms with E-state index >= 15 is 0 Å². The van der Waals surface area contributed by atoms with Crippen molar-refractivity contribution in [3.63, 3.8) is 0 Å². The fraction of sp³-hybridized carbons (Fsp3) is 1.00. The standard InChI is InChI=1S/C15H33N3/c1-4-14(7-10-16)6-5-11-18-12-8-15(9-13-18)17(2)3/h14-15H,4-13,16H2,1-3H3. The average Bonchev–Trinajstić information content (AvgIpc) is 2.38. The summed E-state index contributed by atoms with van der Waals surface area (Å²) in [7, 11) is 4.41. The number of nitrogens with zero attached hydrogens (tertiary/aromatic N) is 2. The van der Waals surface area contributed by atoms with Gasteiger partial charge in [0.25, 0.3) is 0 Å². The molecule has 0 aliphatic carbocycles. The van der Waals surface area contributed by atoms with Crippen LogP contribution in [0, 0.1) is 5.92 Å². The summed E-state index contributed by atoms with van der Waals surface area (Å²) >= 11 is 0. The van der Waals surface area contributed by atoms with E-state index in [1.165, 1.54) is 58.2 Å². The Hall–Kier alpha value is -0.120. The van der Waals surface area contributed by atoms with Gasteiger partial charge in [0.15, 0.2) is 0 Å². The second kappa shape index (κ2) is 8.89. The van der Waals surface area contributed by atoms with Gasteiger partial charge in [-0.2, -0.15) is 0 Å². The van der Waals surface area contributed by atoms with E-state index in [4.69, 9.17) is 5.73 Å². The van der Waals surface area contributed by atoms with E-state index in [0.717, 1.165) is 18.5 Å². The Morgan fingerprint density at radius 2 is 1.89 bits per heavy atom. The largest absolute Gasteiger partial charge is 0.330 e. The van der Waals surface area contributed by atoms with Gasteiger partial charge in [0.05, 0.1) is 0 Å². The summed E-state index contributed by atoms with van der Waals surface area (Å²) in [6.07, 6.45) is 7.89. The molecule has 1 saturated heterocycles. The number of hydrogen-bond acceptors (Lipinski definition) is 3. The molecule has 1 fully saturated rings. The van der Waals surface area contributed by atoms with E-state index in [9.17, 15) is 0 Å². The van der Waals surface area contributed by atoms with Crippen LogP contribution in [0.2, 0.25) is 0 Å². The predicted molar refractivity (Wildman–Crippen MR) is 79.8 cm³/mol. The fourth-order valence-corrected chi connectivity index (χ4v) is 3.05. The van der Waals surface area contributed by atoms with Crippen LogP contribution in [0.25, 0.3) is 0 Å². The minimum atomic E-state index is 0.807. The van der Waals surface area contributed by atoms with Crippen molar-refractivity contribution in [1.29, 1.82) is 0 Å². The Bertz CT molecular complexity index is 198. The van der Waals surface area contributed by atoms with Crippen molar-refractivity contribution < 1.29 is 0 Å². The maximum Gasteiger partial charge on any atom is 0.0113 e. The molecule has 18 heavy (non-hydrogen) atoms. The topological polar surface area (TPSA) is 32.5 Å². The third-order valence-corrected chi connectivity index (χ3v) is 4.53. The van der Waals surface area contributed by atoms with Gasteiger partial charge >= 0.3 is 0 Å². The van der Waals surface area contributed by atoms with Crippen molar-refractivity contribution in [3.05, 3.63) is 0 Å². The van der Waals surface area contributed by atoms with E-state index in [2.05, 4.69) is 30.8 Å². The Morgan fingerprint density at radius 3 is 2.39 bits per heavy atom. The van der Waals surface area contributed by atoms with Crippen LogP contribution in [0.3, 0.4) is 0 Å². The molecule has 3 heteroatoms. The molecular formula is C15H33N3. The summed E-state index contributed by atoms with van der Waals surface area (Å²) < 4.78 is 0. The molecule has 0 aromatic heterocycles. The molecule has 1 unspecified atom stereocenters. The van der Waals surface area contributed by atoms with Crippen LogP contribution in [0.5, 0.6) is 0 Å². The fourth-order valence-electron chi connectivity index (χ4n) is 3.05. The summed E-state index contributed by atoms with van der Waals surface area (Å²) in [5, 5.41) is 0. The van der Waals surface area contributed by atoms with Gasteiger partial charge in [-0.25, -0.2) is 0 Å². The highest BCUT2D eigenvalue weighted by atomic mass is 15.2. The zero-order valence-corrected chi connectivity index (χ0v) is 12.7. The zero-order valence-electron chi connectivity index (χ0n) is 12.7. The van der Waals surface area contributed by atoms with Crippen molar-refractivity contribution in [1.82, 2.24) is 9.80 Å². The third-order valence-electron chi connectivity index (χ3n) is 4.53. The lowest BCUT2D eigenvalue weighted by molar-refractivity contribution is 0.141. The number of rotatable bonds is 8. The first-order chi connectivity index (χ1) is 8.67. The van der Waals surface area contributed by atoms with Crippen LogP contribution in [-0.2, 0) is 0 Å². The molecule has 0 amide bonds. The second-order valence-electron chi connectivity index (χ2n) is 6.03. The first kappa shape index (κ1) is 15.9. The smallest absolute Gasteiger partial charge is 0.0113 e. The lowest BCUT2D eigenvalue weighted by atomic mass is 9.96. The van der Waals surface area contributed by atoms with Gasteiger partial charge in [-0.15, -0.1) is 0 Å². The van der Waals surface area contributed by atoms with Crippen LogP contribution in [0.15, 0.2) is 0 Å². The van der Waals surface area contributed by atoms with Gasteiger partial charge in [0.1, 0.15) is 0 Å². The maximum atomic E-state index is 5.65. The molecule has 0 aromatic carbocycles. The lowest BCUT2D eigenvalue weighted by Crippen LogP contribution is -2.42. The van der Waals surface area contributed by atoms with Crippen LogP contribution < -0.4 is 5.73 Å². The predicted octanol–water partition coefficient (Wildman–Crippen LogP) is 2.17. The van der Waals surface area contributed by atoms with Gasteiger partial charge in [-0.05, 0) is 78.3 Å². The third kappa shape index (κ3) is 5.68. The lowest BCUT2D eigenvalue weighted by Gasteiger charge is -2.35. The van der Waals surface area contributed by atoms with Crippen molar-refractivity contribution >= 4 is 0 Å². The summed E-state index contributed by atoms with van der Waals surface area (Å²) in [5.74, 6) is 0.856. The van der Waals surface area contributed by atoms with Gasteiger partial charge in [0, 0.05) is 6.04 Å². The van der Waals surface area contributed by atoms with Gasteiger partial charge < -0.3 is 15.5 Å². The minimum Gasteiger partial charge on any atom is -0.330 e. The second-order valence-corrected chi connectivity index (χ2v) is 6.03. The number of piperidine rings is 1. The highest BCUT2D eigenvalue weighted by Crippen LogP contribution is 2.17. The van der Waals surface area contributed by atoms with Gasteiger partial charge in [-0.1, -0.05) is 13.3 Å². The summed E-state index contributed by atoms with van der Waals surface area (Å²) in [6.45, 7) is 7.02. The summed E-state index contributed by atoms with van der Waals surface area (Å²) in [5.41, 5.74) is 5.65. The number of likely N-dealkylation sites (tertiary alicyclic amines) is 1. The van der Waals surface area contributed by atoms with Crippen molar-refractivity contribution in [2.75, 3.05) is 40.3 Å². The van der Waals surface area contributed by atoms with E-state index in [0.29, 0.717) is 0 Å². The van der Waals surface area contributed by atoms with Crippen LogP contribution in [0.4, 0.5) is 0 Å². The van der Waals surface area contributed by atoms with Crippen LogP contribution in [0.1, 0.15) is 45.4 Å². The highest BCUT2D eigenvalue weighted by molar-refractivity contribution is 4.76. The molecule has 1 rings (SSSR count). The molecule has 1 aliphatic rings. The first-order valence-electron chi connectivity index (χ1n) is 7.76. The zero-order chi connectivity index (χ0) is 13.4. The highest BCUT2D eigenvalue weighted by Gasteiger charge is 2.20. The molecule has 0 aromatic rings. The van der Waals surface area contributed by atoms with Crippen molar-refractivity contribution in [2.45, 2.75) is 51.5 Å². The molecule has 0 spiro atoms. The Kier molecular flexibility index (Phi) is 7.87. The van der Waals surface area contributed by atoms with Gasteiger partial charge in [-0.3, -0.25) is 0 Å². The monoisotopic (exact) mass is 255 g/mol. The molecule has 3 nitrogen and oxygen atoms in total. The Balaban J connectivity index is 2.10. The molecule has 0 bridgehead atoms. The SMILES string of the molecule is CCC(CCN)CCCN1CCC(N(C)C)CC1. The summed E-state index contributed by atoms with van der Waals surface area (Å²) in [4.78, 5) is 5.03. The van der Waals surface area contributed by atoms with E-state index in [-0.39, 0.29) is 0 Å². The maximum absolute atomic E-state index is 5.65. The average molecular weight is 255 g/mol. The summed E-state index contributed by atoms with van der Waals surface area (Å²) in [6, 6.07) is 0.807. The molecule has 0 radical (unpaired) electrons. The minimum absolute atomic E-state index is 0.807.